The molecule has 2 aromatic carbocycles. The van der Waals surface area contributed by atoms with Crippen LogP contribution >= 0.6 is 0 Å². The van der Waals surface area contributed by atoms with Gasteiger partial charge >= 0.3 is 5.97 Å². The third-order valence-electron chi connectivity index (χ3n) is 4.00. The minimum Gasteiger partial charge on any atom is -0.462 e. The van der Waals surface area contributed by atoms with E-state index in [-0.39, 0.29) is 5.97 Å². The van der Waals surface area contributed by atoms with Gasteiger partial charge in [-0.1, -0.05) is 30.3 Å². The van der Waals surface area contributed by atoms with Crippen LogP contribution in [0.3, 0.4) is 0 Å². The zero-order valence-electron chi connectivity index (χ0n) is 15.6. The number of nitrogens with zero attached hydrogens (tertiary/aromatic N) is 3. The first-order valence-electron chi connectivity index (χ1n) is 8.76. The molecule has 27 heavy (non-hydrogen) atoms. The lowest BCUT2D eigenvalue weighted by Crippen LogP contribution is -2.14. The predicted molar refractivity (Wildman–Crippen MR) is 107 cm³/mol. The van der Waals surface area contributed by atoms with Gasteiger partial charge in [0.2, 0.25) is 5.95 Å². The van der Waals surface area contributed by atoms with Crippen LogP contribution in [0, 0.1) is 6.92 Å². The van der Waals surface area contributed by atoms with Crippen LogP contribution < -0.4 is 10.2 Å². The Morgan fingerprint density at radius 3 is 2.52 bits per heavy atom. The number of ether oxygens (including phenoxy) is 1. The number of hydrogen-bond acceptors (Lipinski definition) is 6. The molecule has 0 amide bonds. The minimum absolute atomic E-state index is 0.320. The van der Waals surface area contributed by atoms with Gasteiger partial charge in [0.05, 0.1) is 17.9 Å². The van der Waals surface area contributed by atoms with Crippen molar-refractivity contribution in [2.75, 3.05) is 23.9 Å². The fourth-order valence-electron chi connectivity index (χ4n) is 2.66. The summed E-state index contributed by atoms with van der Waals surface area (Å²) in [5.41, 5.74) is 2.89. The van der Waals surface area contributed by atoms with Crippen molar-refractivity contribution in [2.45, 2.75) is 13.8 Å². The standard InChI is InChI=1S/C21H22N4O2/c1-4-27-20(26)17-12-8-9-13-18(17)23-21-22-15(2)14-19(24-21)25(3)16-10-6-5-7-11-16/h5-14H,4H2,1-3H3,(H,22,23,24). The number of para-hydroxylation sites is 2. The number of esters is 1. The number of carbonyl (C=O) groups excluding carboxylic acids is 1. The van der Waals surface area contributed by atoms with E-state index in [1.54, 1.807) is 25.1 Å². The van der Waals surface area contributed by atoms with E-state index in [4.69, 9.17) is 4.74 Å². The molecule has 0 saturated carbocycles. The molecule has 1 N–H and O–H groups in total. The van der Waals surface area contributed by atoms with Gasteiger partial charge in [-0.05, 0) is 38.1 Å². The third kappa shape index (κ3) is 4.41. The lowest BCUT2D eigenvalue weighted by atomic mass is 10.2. The van der Waals surface area contributed by atoms with Crippen molar-refractivity contribution in [1.82, 2.24) is 9.97 Å². The third-order valence-corrected chi connectivity index (χ3v) is 4.00. The first-order chi connectivity index (χ1) is 13.1. The van der Waals surface area contributed by atoms with Crippen molar-refractivity contribution in [3.8, 4) is 0 Å². The molecule has 138 valence electrons. The van der Waals surface area contributed by atoms with E-state index < -0.39 is 0 Å². The van der Waals surface area contributed by atoms with Gasteiger partial charge in [0.25, 0.3) is 0 Å². The summed E-state index contributed by atoms with van der Waals surface area (Å²) < 4.78 is 5.12. The molecule has 0 unspecified atom stereocenters. The fraction of sp³-hybridized carbons (Fsp3) is 0.190. The summed E-state index contributed by atoms with van der Waals surface area (Å²) in [6.45, 7) is 4.01. The predicted octanol–water partition coefficient (Wildman–Crippen LogP) is 4.47. The maximum Gasteiger partial charge on any atom is 0.340 e. The lowest BCUT2D eigenvalue weighted by Gasteiger charge is -2.19. The van der Waals surface area contributed by atoms with Gasteiger partial charge in [-0.2, -0.15) is 4.98 Å². The van der Waals surface area contributed by atoms with Crippen molar-refractivity contribution in [3.63, 3.8) is 0 Å². The van der Waals surface area contributed by atoms with Crippen LogP contribution in [0.4, 0.5) is 23.1 Å². The van der Waals surface area contributed by atoms with Crippen LogP contribution in [0.25, 0.3) is 0 Å². The van der Waals surface area contributed by atoms with E-state index in [2.05, 4.69) is 15.3 Å². The van der Waals surface area contributed by atoms with Crippen molar-refractivity contribution in [1.29, 1.82) is 0 Å². The maximum absolute atomic E-state index is 12.2. The summed E-state index contributed by atoms with van der Waals surface area (Å²) in [4.78, 5) is 23.2. The summed E-state index contributed by atoms with van der Waals surface area (Å²) in [5.74, 6) is 0.796. The Hall–Kier alpha value is -3.41. The molecule has 0 radical (unpaired) electrons. The van der Waals surface area contributed by atoms with E-state index in [9.17, 15) is 4.79 Å². The average molecular weight is 362 g/mol. The van der Waals surface area contributed by atoms with Crippen LogP contribution in [0.5, 0.6) is 0 Å². The molecule has 6 nitrogen and oxygen atoms in total. The molecule has 1 heterocycles. The van der Waals surface area contributed by atoms with Gasteiger partial charge in [0.1, 0.15) is 5.82 Å². The Bertz CT molecular complexity index is 928. The number of nitrogens with one attached hydrogen (secondary N) is 1. The summed E-state index contributed by atoms with van der Waals surface area (Å²) in [6.07, 6.45) is 0. The SMILES string of the molecule is CCOC(=O)c1ccccc1Nc1nc(C)cc(N(C)c2ccccc2)n1. The number of aryl methyl sites for hydroxylation is 1. The van der Waals surface area contributed by atoms with Gasteiger partial charge in [0, 0.05) is 24.5 Å². The summed E-state index contributed by atoms with van der Waals surface area (Å²) in [7, 11) is 1.95. The molecule has 0 aliphatic carbocycles. The number of anilines is 4. The lowest BCUT2D eigenvalue weighted by molar-refractivity contribution is 0.0527. The van der Waals surface area contributed by atoms with Crippen molar-refractivity contribution in [2.24, 2.45) is 0 Å². The molecule has 1 aromatic heterocycles. The van der Waals surface area contributed by atoms with Gasteiger partial charge in [0.15, 0.2) is 0 Å². The molecule has 0 aliphatic heterocycles. The zero-order valence-corrected chi connectivity index (χ0v) is 15.6. The first kappa shape index (κ1) is 18.4. The van der Waals surface area contributed by atoms with Gasteiger partial charge in [-0.15, -0.1) is 0 Å². The van der Waals surface area contributed by atoms with Crippen LogP contribution in [0.1, 0.15) is 23.0 Å². The van der Waals surface area contributed by atoms with E-state index in [0.29, 0.717) is 23.8 Å². The largest absolute Gasteiger partial charge is 0.462 e. The molecule has 0 saturated heterocycles. The van der Waals surface area contributed by atoms with Gasteiger partial charge < -0.3 is 15.0 Å². The second-order valence-electron chi connectivity index (χ2n) is 5.98. The number of benzene rings is 2. The van der Waals surface area contributed by atoms with Gasteiger partial charge in [-0.25, -0.2) is 9.78 Å². The van der Waals surface area contributed by atoms with Crippen molar-refractivity contribution >= 4 is 29.1 Å². The Morgan fingerprint density at radius 2 is 1.78 bits per heavy atom. The smallest absolute Gasteiger partial charge is 0.340 e. The number of carbonyl (C=O) groups is 1. The van der Waals surface area contributed by atoms with Crippen LogP contribution in [-0.4, -0.2) is 29.6 Å². The molecule has 0 atom stereocenters. The van der Waals surface area contributed by atoms with Gasteiger partial charge in [-0.3, -0.25) is 0 Å². The molecule has 0 spiro atoms. The zero-order chi connectivity index (χ0) is 19.2. The average Bonchev–Trinajstić information content (AvgIpc) is 2.68. The Labute approximate surface area is 158 Å². The highest BCUT2D eigenvalue weighted by Gasteiger charge is 2.14. The minimum atomic E-state index is -0.380. The molecular weight excluding hydrogens is 340 g/mol. The monoisotopic (exact) mass is 362 g/mol. The molecular formula is C21H22N4O2. The first-order valence-corrected chi connectivity index (χ1v) is 8.76. The Morgan fingerprint density at radius 1 is 1.07 bits per heavy atom. The Balaban J connectivity index is 1.91. The highest BCUT2D eigenvalue weighted by atomic mass is 16.5. The highest BCUT2D eigenvalue weighted by molar-refractivity contribution is 5.96. The van der Waals surface area contributed by atoms with Crippen molar-refractivity contribution in [3.05, 3.63) is 71.9 Å². The van der Waals surface area contributed by atoms with Crippen LogP contribution in [0.15, 0.2) is 60.7 Å². The second-order valence-corrected chi connectivity index (χ2v) is 5.98. The molecule has 6 heteroatoms. The van der Waals surface area contributed by atoms with Crippen LogP contribution in [0.2, 0.25) is 0 Å². The number of aromatic nitrogens is 2. The molecule has 0 aliphatic rings. The quantitative estimate of drug-likeness (QED) is 0.653. The molecule has 3 rings (SSSR count). The normalized spacial score (nSPS) is 10.3. The summed E-state index contributed by atoms with van der Waals surface area (Å²) >= 11 is 0. The highest BCUT2D eigenvalue weighted by Crippen LogP contribution is 2.25. The van der Waals surface area contributed by atoms with Crippen molar-refractivity contribution < 1.29 is 9.53 Å². The van der Waals surface area contributed by atoms with Crippen LogP contribution in [-0.2, 0) is 4.74 Å². The fourth-order valence-corrected chi connectivity index (χ4v) is 2.66. The van der Waals surface area contributed by atoms with E-state index in [0.717, 1.165) is 17.2 Å². The Kier molecular flexibility index (Phi) is 5.66. The molecule has 0 bridgehead atoms. The maximum atomic E-state index is 12.2. The van der Waals surface area contributed by atoms with E-state index in [1.807, 2.05) is 61.3 Å². The topological polar surface area (TPSA) is 67.3 Å². The summed E-state index contributed by atoms with van der Waals surface area (Å²) in [5, 5.41) is 3.15. The second kappa shape index (κ2) is 8.31. The number of hydrogen-bond donors (Lipinski definition) is 1. The molecule has 3 aromatic rings. The van der Waals surface area contributed by atoms with E-state index >= 15 is 0 Å². The van der Waals surface area contributed by atoms with E-state index in [1.165, 1.54) is 0 Å². The summed E-state index contributed by atoms with van der Waals surface area (Å²) in [6, 6.07) is 19.0. The molecule has 0 fully saturated rings. The number of rotatable bonds is 6.